The van der Waals surface area contributed by atoms with Crippen LogP contribution in [-0.2, 0) is 6.18 Å². The fourth-order valence-corrected chi connectivity index (χ4v) is 4.20. The van der Waals surface area contributed by atoms with Crippen molar-refractivity contribution in [3.05, 3.63) is 65.4 Å². The van der Waals surface area contributed by atoms with Gasteiger partial charge in [0.2, 0.25) is 0 Å². The van der Waals surface area contributed by atoms with Gasteiger partial charge in [-0.2, -0.15) is 18.3 Å². The molecule has 0 aliphatic carbocycles. The SMILES string of the molecule is C[C@@H]1CN(c2ccc3ncc(C#Cc4cncc(C(=O)Nc5cc(C(F)(F)F)[nH]n5)c4)n3n2)C[C@H](C)N1C. The highest BCUT2D eigenvalue weighted by Gasteiger charge is 2.33. The smallest absolute Gasteiger partial charge is 0.352 e. The van der Waals surface area contributed by atoms with Crippen LogP contribution in [0.4, 0.5) is 24.8 Å². The van der Waals surface area contributed by atoms with Crippen LogP contribution in [0.25, 0.3) is 5.65 Å². The van der Waals surface area contributed by atoms with E-state index >= 15 is 0 Å². The van der Waals surface area contributed by atoms with E-state index in [4.69, 9.17) is 5.10 Å². The van der Waals surface area contributed by atoms with E-state index in [-0.39, 0.29) is 11.4 Å². The quantitative estimate of drug-likeness (QED) is 0.398. The maximum Gasteiger partial charge on any atom is 0.432 e. The molecule has 5 rings (SSSR count). The van der Waals surface area contributed by atoms with E-state index in [1.54, 1.807) is 10.7 Å². The topological polar surface area (TPSA) is 107 Å². The third-order valence-corrected chi connectivity index (χ3v) is 6.49. The standard InChI is InChI=1S/C25H24F3N9O/c1-15-13-36(14-16(2)35(15)3)23-7-6-22-30-12-19(37(22)34-23)5-4-17-8-18(11-29-10-17)24(38)31-21-9-20(32-33-21)25(26,27)28/h6-12,15-16H,13-14H2,1-3H3,(H2,31,32,33,38)/t15-,16+. The van der Waals surface area contributed by atoms with Crippen molar-refractivity contribution in [3.63, 3.8) is 0 Å². The van der Waals surface area contributed by atoms with Gasteiger partial charge >= 0.3 is 6.18 Å². The number of aromatic amines is 1. The van der Waals surface area contributed by atoms with E-state index in [0.717, 1.165) is 18.9 Å². The monoisotopic (exact) mass is 523 g/mol. The van der Waals surface area contributed by atoms with Crippen LogP contribution in [0.5, 0.6) is 0 Å². The Bertz CT molecular complexity index is 1540. The average Bonchev–Trinajstić information content (AvgIpc) is 3.52. The van der Waals surface area contributed by atoms with E-state index in [1.165, 1.54) is 18.5 Å². The Balaban J connectivity index is 1.35. The second-order valence-corrected chi connectivity index (χ2v) is 9.20. The van der Waals surface area contributed by atoms with Crippen molar-refractivity contribution < 1.29 is 18.0 Å². The molecule has 0 spiro atoms. The molecule has 0 saturated carbocycles. The summed E-state index contributed by atoms with van der Waals surface area (Å²) in [6.45, 7) is 6.08. The van der Waals surface area contributed by atoms with Crippen molar-refractivity contribution in [2.24, 2.45) is 0 Å². The van der Waals surface area contributed by atoms with Gasteiger partial charge in [-0.1, -0.05) is 5.92 Å². The van der Waals surface area contributed by atoms with Crippen LogP contribution >= 0.6 is 0 Å². The van der Waals surface area contributed by atoms with Gasteiger partial charge in [0.05, 0.1) is 11.8 Å². The van der Waals surface area contributed by atoms with Crippen LogP contribution in [0.1, 0.15) is 41.2 Å². The van der Waals surface area contributed by atoms with E-state index in [2.05, 4.69) is 62.9 Å². The number of H-pyrrole nitrogens is 1. The normalized spacial score (nSPS) is 18.3. The minimum absolute atomic E-state index is 0.116. The molecule has 196 valence electrons. The number of aromatic nitrogens is 6. The summed E-state index contributed by atoms with van der Waals surface area (Å²) in [5, 5.41) is 12.4. The Morgan fingerprint density at radius 2 is 1.87 bits per heavy atom. The number of fused-ring (bicyclic) bond motifs is 1. The zero-order valence-electron chi connectivity index (χ0n) is 20.8. The Morgan fingerprint density at radius 1 is 1.11 bits per heavy atom. The van der Waals surface area contributed by atoms with E-state index < -0.39 is 17.8 Å². The molecule has 1 amide bonds. The lowest BCUT2D eigenvalue weighted by atomic mass is 10.1. The third kappa shape index (κ3) is 5.16. The Hall–Kier alpha value is -4.44. The largest absolute Gasteiger partial charge is 0.432 e. The predicted octanol–water partition coefficient (Wildman–Crippen LogP) is 3.05. The average molecular weight is 524 g/mol. The number of imidazole rings is 1. The van der Waals surface area contributed by atoms with Crippen molar-refractivity contribution in [3.8, 4) is 11.8 Å². The van der Waals surface area contributed by atoms with E-state index in [0.29, 0.717) is 35.1 Å². The molecule has 1 fully saturated rings. The van der Waals surface area contributed by atoms with E-state index in [1.807, 2.05) is 17.2 Å². The number of carbonyl (C=O) groups excluding carboxylic acids is 1. The highest BCUT2D eigenvalue weighted by molar-refractivity contribution is 6.03. The van der Waals surface area contributed by atoms with Gasteiger partial charge in [0.15, 0.2) is 11.5 Å². The second kappa shape index (κ2) is 9.79. The summed E-state index contributed by atoms with van der Waals surface area (Å²) in [5.41, 5.74) is 0.695. The molecule has 1 aliphatic rings. The first-order valence-corrected chi connectivity index (χ1v) is 11.8. The van der Waals surface area contributed by atoms with Gasteiger partial charge in [-0.15, -0.1) is 5.10 Å². The number of likely N-dealkylation sites (N-methyl/N-ethyl adjacent to an activating group) is 1. The lowest BCUT2D eigenvalue weighted by Gasteiger charge is -2.42. The van der Waals surface area contributed by atoms with Crippen molar-refractivity contribution in [2.45, 2.75) is 32.1 Å². The molecule has 0 radical (unpaired) electrons. The van der Waals surface area contributed by atoms with Gasteiger partial charge in [0, 0.05) is 49.2 Å². The molecule has 4 aromatic heterocycles. The lowest BCUT2D eigenvalue weighted by Crippen LogP contribution is -2.55. The minimum atomic E-state index is -4.60. The summed E-state index contributed by atoms with van der Waals surface area (Å²) in [6.07, 6.45) is -0.205. The molecule has 1 aliphatic heterocycles. The van der Waals surface area contributed by atoms with Crippen LogP contribution in [0, 0.1) is 11.8 Å². The number of rotatable bonds is 3. The number of hydrogen-bond acceptors (Lipinski definition) is 7. The number of halogens is 3. The fraction of sp³-hybridized carbons (Fsp3) is 0.320. The Labute approximate surface area is 215 Å². The number of anilines is 2. The molecular formula is C25H24F3N9O. The number of hydrogen-bond donors (Lipinski definition) is 2. The van der Waals surface area contributed by atoms with E-state index in [9.17, 15) is 18.0 Å². The lowest BCUT2D eigenvalue weighted by molar-refractivity contribution is -0.141. The molecule has 0 unspecified atom stereocenters. The number of alkyl halides is 3. The zero-order chi connectivity index (χ0) is 27.0. The summed E-state index contributed by atoms with van der Waals surface area (Å²) < 4.78 is 39.9. The van der Waals surface area contributed by atoms with Gasteiger partial charge in [0.25, 0.3) is 5.91 Å². The molecule has 4 aromatic rings. The summed E-state index contributed by atoms with van der Waals surface area (Å²) in [7, 11) is 2.13. The summed E-state index contributed by atoms with van der Waals surface area (Å²) >= 11 is 0. The van der Waals surface area contributed by atoms with Gasteiger partial charge in [-0.05, 0) is 45.0 Å². The third-order valence-electron chi connectivity index (χ3n) is 6.49. The molecule has 38 heavy (non-hydrogen) atoms. The number of amides is 1. The van der Waals surface area contributed by atoms with Gasteiger partial charge in [0.1, 0.15) is 17.2 Å². The van der Waals surface area contributed by atoms with Gasteiger partial charge < -0.3 is 10.2 Å². The molecule has 0 aromatic carbocycles. The summed E-state index contributed by atoms with van der Waals surface area (Å²) in [5.74, 6) is 5.89. The minimum Gasteiger partial charge on any atom is -0.352 e. The number of nitrogens with zero attached hydrogens (tertiary/aromatic N) is 7. The summed E-state index contributed by atoms with van der Waals surface area (Å²) in [4.78, 5) is 25.5. The van der Waals surface area contributed by atoms with Crippen LogP contribution < -0.4 is 10.2 Å². The maximum absolute atomic E-state index is 12.8. The van der Waals surface area contributed by atoms with Crippen molar-refractivity contribution in [2.75, 3.05) is 30.4 Å². The van der Waals surface area contributed by atoms with Gasteiger partial charge in [-0.3, -0.25) is 19.8 Å². The van der Waals surface area contributed by atoms with Crippen molar-refractivity contribution in [1.29, 1.82) is 0 Å². The first-order valence-electron chi connectivity index (χ1n) is 11.8. The number of carbonyl (C=O) groups is 1. The predicted molar refractivity (Wildman–Crippen MR) is 134 cm³/mol. The Morgan fingerprint density at radius 3 is 2.58 bits per heavy atom. The molecule has 0 bridgehead atoms. The first-order chi connectivity index (χ1) is 18.1. The van der Waals surface area contributed by atoms with Gasteiger partial charge in [-0.25, -0.2) is 9.50 Å². The van der Waals surface area contributed by atoms with Crippen LogP contribution in [-0.4, -0.2) is 72.8 Å². The fourth-order valence-electron chi connectivity index (χ4n) is 4.20. The first kappa shape index (κ1) is 25.2. The molecule has 13 heteroatoms. The molecule has 5 heterocycles. The number of piperazine rings is 1. The highest BCUT2D eigenvalue weighted by Crippen LogP contribution is 2.28. The highest BCUT2D eigenvalue weighted by atomic mass is 19.4. The number of pyridine rings is 1. The molecule has 2 atom stereocenters. The molecule has 1 saturated heterocycles. The summed E-state index contributed by atoms with van der Waals surface area (Å²) in [6, 6.07) is 6.82. The van der Waals surface area contributed by atoms with Crippen LogP contribution in [0.3, 0.4) is 0 Å². The molecule has 2 N–H and O–H groups in total. The van der Waals surface area contributed by atoms with Crippen LogP contribution in [0.15, 0.2) is 42.9 Å². The molecular weight excluding hydrogens is 499 g/mol. The maximum atomic E-state index is 12.8. The number of nitrogens with one attached hydrogen (secondary N) is 2. The second-order valence-electron chi connectivity index (χ2n) is 9.20. The Kier molecular flexibility index (Phi) is 6.50. The zero-order valence-corrected chi connectivity index (χ0v) is 20.8. The van der Waals surface area contributed by atoms with Crippen molar-refractivity contribution >= 4 is 23.2 Å². The van der Waals surface area contributed by atoms with Crippen molar-refractivity contribution in [1.82, 2.24) is 34.7 Å². The van der Waals surface area contributed by atoms with Crippen LogP contribution in [0.2, 0.25) is 0 Å². The molecule has 10 nitrogen and oxygen atoms in total.